The van der Waals surface area contributed by atoms with E-state index in [2.05, 4.69) is 0 Å². The third kappa shape index (κ3) is 2.95. The monoisotopic (exact) mass is 208 g/mol. The summed E-state index contributed by atoms with van der Waals surface area (Å²) in [5.74, 6) is 5.47. The number of rotatable bonds is 3. The standard InChI is InChI=1S/C11H16N2O2/c1-8(2)11(15)13(12)7-9-5-3-4-6-10(9)14/h3-6,8,14H,7,12H2,1-2H3. The van der Waals surface area contributed by atoms with Gasteiger partial charge < -0.3 is 5.11 Å². The van der Waals surface area contributed by atoms with E-state index in [0.29, 0.717) is 5.56 Å². The molecule has 0 atom stereocenters. The van der Waals surface area contributed by atoms with Crippen LogP contribution in [0, 0.1) is 5.92 Å². The van der Waals surface area contributed by atoms with Gasteiger partial charge in [0.15, 0.2) is 0 Å². The largest absolute Gasteiger partial charge is 0.508 e. The minimum Gasteiger partial charge on any atom is -0.508 e. The molecule has 15 heavy (non-hydrogen) atoms. The number of hydrazine groups is 1. The van der Waals surface area contributed by atoms with Gasteiger partial charge in [-0.05, 0) is 6.07 Å². The second-order valence-corrected chi connectivity index (χ2v) is 3.75. The quantitative estimate of drug-likeness (QED) is 0.446. The lowest BCUT2D eigenvalue weighted by atomic mass is 10.1. The van der Waals surface area contributed by atoms with Gasteiger partial charge >= 0.3 is 0 Å². The maximum atomic E-state index is 11.5. The second-order valence-electron chi connectivity index (χ2n) is 3.75. The third-order valence-electron chi connectivity index (χ3n) is 2.11. The number of hydrogen-bond acceptors (Lipinski definition) is 3. The summed E-state index contributed by atoms with van der Waals surface area (Å²) in [5, 5.41) is 10.6. The predicted octanol–water partition coefficient (Wildman–Crippen LogP) is 1.25. The average Bonchev–Trinajstić information content (AvgIpc) is 2.20. The Morgan fingerprint density at radius 3 is 2.60 bits per heavy atom. The molecule has 0 radical (unpaired) electrons. The number of phenols is 1. The van der Waals surface area contributed by atoms with Crippen molar-refractivity contribution in [3.8, 4) is 5.75 Å². The normalized spacial score (nSPS) is 10.4. The summed E-state index contributed by atoms with van der Waals surface area (Å²) in [6.07, 6.45) is 0. The van der Waals surface area contributed by atoms with Crippen LogP contribution in [0.25, 0.3) is 0 Å². The molecule has 1 rings (SSSR count). The average molecular weight is 208 g/mol. The topological polar surface area (TPSA) is 66.6 Å². The molecule has 0 aliphatic rings. The van der Waals surface area contributed by atoms with Gasteiger partial charge in [0.1, 0.15) is 5.75 Å². The van der Waals surface area contributed by atoms with Crippen molar-refractivity contribution < 1.29 is 9.90 Å². The van der Waals surface area contributed by atoms with Gasteiger partial charge in [0.2, 0.25) is 5.91 Å². The first-order valence-corrected chi connectivity index (χ1v) is 4.85. The van der Waals surface area contributed by atoms with Crippen LogP contribution in [0.3, 0.4) is 0 Å². The number of benzene rings is 1. The Kier molecular flexibility index (Phi) is 3.68. The summed E-state index contributed by atoms with van der Waals surface area (Å²) in [5.41, 5.74) is 0.647. The molecule has 0 spiro atoms. The van der Waals surface area contributed by atoms with E-state index in [0.717, 1.165) is 5.01 Å². The number of carbonyl (C=O) groups is 1. The summed E-state index contributed by atoms with van der Waals surface area (Å²) in [4.78, 5) is 11.5. The molecule has 0 aliphatic heterocycles. The van der Waals surface area contributed by atoms with Crippen molar-refractivity contribution in [1.29, 1.82) is 0 Å². The predicted molar refractivity (Wildman–Crippen MR) is 57.7 cm³/mol. The van der Waals surface area contributed by atoms with Crippen LogP contribution in [0.15, 0.2) is 24.3 Å². The summed E-state index contributed by atoms with van der Waals surface area (Å²) in [6, 6.07) is 6.83. The van der Waals surface area contributed by atoms with Crippen LogP contribution >= 0.6 is 0 Å². The van der Waals surface area contributed by atoms with Crippen LogP contribution in [0.4, 0.5) is 0 Å². The molecule has 0 heterocycles. The van der Waals surface area contributed by atoms with E-state index in [1.165, 1.54) is 0 Å². The van der Waals surface area contributed by atoms with E-state index in [9.17, 15) is 9.90 Å². The van der Waals surface area contributed by atoms with Gasteiger partial charge in [0, 0.05) is 11.5 Å². The highest BCUT2D eigenvalue weighted by Crippen LogP contribution is 2.17. The Hall–Kier alpha value is -1.55. The number of phenolic OH excluding ortho intramolecular Hbond substituents is 1. The van der Waals surface area contributed by atoms with Gasteiger partial charge in [0.05, 0.1) is 6.54 Å². The zero-order chi connectivity index (χ0) is 11.4. The first-order chi connectivity index (χ1) is 7.02. The smallest absolute Gasteiger partial charge is 0.239 e. The SMILES string of the molecule is CC(C)C(=O)N(N)Cc1ccccc1O. The minimum absolute atomic E-state index is 0.138. The van der Waals surface area contributed by atoms with Gasteiger partial charge in [-0.25, -0.2) is 5.84 Å². The highest BCUT2D eigenvalue weighted by Gasteiger charge is 2.14. The number of nitrogens with zero attached hydrogens (tertiary/aromatic N) is 1. The third-order valence-corrected chi connectivity index (χ3v) is 2.11. The second kappa shape index (κ2) is 4.79. The van der Waals surface area contributed by atoms with E-state index in [-0.39, 0.29) is 24.1 Å². The maximum absolute atomic E-state index is 11.5. The fraction of sp³-hybridized carbons (Fsp3) is 0.364. The van der Waals surface area contributed by atoms with Crippen LogP contribution < -0.4 is 5.84 Å². The Morgan fingerprint density at radius 1 is 1.47 bits per heavy atom. The molecule has 3 N–H and O–H groups in total. The van der Waals surface area contributed by atoms with Gasteiger partial charge in [-0.1, -0.05) is 32.0 Å². The summed E-state index contributed by atoms with van der Waals surface area (Å²) >= 11 is 0. The van der Waals surface area contributed by atoms with Crippen molar-refractivity contribution in [2.24, 2.45) is 11.8 Å². The van der Waals surface area contributed by atoms with Crippen LogP contribution in [0.2, 0.25) is 0 Å². The summed E-state index contributed by atoms with van der Waals surface area (Å²) < 4.78 is 0. The molecule has 0 saturated carbocycles. The molecule has 0 fully saturated rings. The number of amides is 1. The highest BCUT2D eigenvalue weighted by molar-refractivity contribution is 5.77. The van der Waals surface area contributed by atoms with Crippen molar-refractivity contribution in [1.82, 2.24) is 5.01 Å². The molecule has 0 unspecified atom stereocenters. The number of para-hydroxylation sites is 1. The zero-order valence-corrected chi connectivity index (χ0v) is 8.97. The fourth-order valence-electron chi connectivity index (χ4n) is 1.24. The maximum Gasteiger partial charge on any atom is 0.239 e. The van der Waals surface area contributed by atoms with Crippen LogP contribution in [0.1, 0.15) is 19.4 Å². The number of carbonyl (C=O) groups excluding carboxylic acids is 1. The Morgan fingerprint density at radius 2 is 2.07 bits per heavy atom. The van der Waals surface area contributed by atoms with E-state index < -0.39 is 0 Å². The van der Waals surface area contributed by atoms with Gasteiger partial charge in [0.25, 0.3) is 0 Å². The van der Waals surface area contributed by atoms with Gasteiger partial charge in [-0.2, -0.15) is 0 Å². The first kappa shape index (κ1) is 11.5. The van der Waals surface area contributed by atoms with E-state index in [1.54, 1.807) is 38.1 Å². The molecule has 1 amide bonds. The molecule has 4 heteroatoms. The van der Waals surface area contributed by atoms with Crippen molar-refractivity contribution >= 4 is 5.91 Å². The molecule has 4 nitrogen and oxygen atoms in total. The molecule has 0 aromatic heterocycles. The van der Waals surface area contributed by atoms with Crippen LogP contribution in [-0.2, 0) is 11.3 Å². The van der Waals surface area contributed by atoms with Crippen LogP contribution in [-0.4, -0.2) is 16.0 Å². The van der Waals surface area contributed by atoms with E-state index >= 15 is 0 Å². The molecule has 0 saturated heterocycles. The molecule has 0 aliphatic carbocycles. The summed E-state index contributed by atoms with van der Waals surface area (Å²) in [7, 11) is 0. The van der Waals surface area contributed by atoms with E-state index in [1.807, 2.05) is 0 Å². The van der Waals surface area contributed by atoms with Crippen molar-refractivity contribution in [3.05, 3.63) is 29.8 Å². The summed E-state index contributed by atoms with van der Waals surface area (Å²) in [6.45, 7) is 3.80. The first-order valence-electron chi connectivity index (χ1n) is 4.85. The number of aromatic hydroxyl groups is 1. The van der Waals surface area contributed by atoms with Crippen molar-refractivity contribution in [2.45, 2.75) is 20.4 Å². The number of hydrogen-bond donors (Lipinski definition) is 2. The molecule has 82 valence electrons. The van der Waals surface area contributed by atoms with Gasteiger partial charge in [-0.3, -0.25) is 9.80 Å². The Bertz CT molecular complexity index is 350. The molecule has 0 bridgehead atoms. The van der Waals surface area contributed by atoms with Crippen molar-refractivity contribution in [2.75, 3.05) is 0 Å². The minimum atomic E-state index is -0.141. The van der Waals surface area contributed by atoms with E-state index in [4.69, 9.17) is 5.84 Å². The number of nitrogens with two attached hydrogens (primary N) is 1. The Labute approximate surface area is 89.3 Å². The molecule has 1 aromatic carbocycles. The zero-order valence-electron chi connectivity index (χ0n) is 8.97. The Balaban J connectivity index is 2.71. The molecular weight excluding hydrogens is 192 g/mol. The van der Waals surface area contributed by atoms with Gasteiger partial charge in [-0.15, -0.1) is 0 Å². The lowest BCUT2D eigenvalue weighted by molar-refractivity contribution is -0.135. The lowest BCUT2D eigenvalue weighted by Gasteiger charge is -2.19. The van der Waals surface area contributed by atoms with Crippen molar-refractivity contribution in [3.63, 3.8) is 0 Å². The molecular formula is C11H16N2O2. The molecule has 1 aromatic rings. The highest BCUT2D eigenvalue weighted by atomic mass is 16.3. The fourth-order valence-corrected chi connectivity index (χ4v) is 1.24. The lowest BCUT2D eigenvalue weighted by Crippen LogP contribution is -2.39. The van der Waals surface area contributed by atoms with Crippen LogP contribution in [0.5, 0.6) is 5.75 Å².